The highest BCUT2D eigenvalue weighted by atomic mass is 35.5. The zero-order chi connectivity index (χ0) is 28.9. The number of halogens is 1. The van der Waals surface area contributed by atoms with Crippen LogP contribution in [0.1, 0.15) is 48.2 Å². The van der Waals surface area contributed by atoms with E-state index in [4.69, 9.17) is 11.6 Å². The second-order valence-corrected chi connectivity index (χ2v) is 12.1. The molecule has 0 unspecified atom stereocenters. The molecule has 0 radical (unpaired) electrons. The van der Waals surface area contributed by atoms with Crippen molar-refractivity contribution in [3.63, 3.8) is 0 Å². The first-order chi connectivity index (χ1) is 19.1. The maximum Gasteiger partial charge on any atom is 0.269 e. The highest BCUT2D eigenvalue weighted by Gasteiger charge is 2.41. The average Bonchev–Trinajstić information content (AvgIpc) is 3.15. The quantitative estimate of drug-likeness (QED) is 0.361. The van der Waals surface area contributed by atoms with E-state index in [0.717, 1.165) is 15.4 Å². The van der Waals surface area contributed by atoms with Gasteiger partial charge >= 0.3 is 0 Å². The third-order valence-electron chi connectivity index (χ3n) is 6.98. The number of hydrogen-bond donors (Lipinski definition) is 1. The number of nitrogens with zero attached hydrogens (tertiary/aromatic N) is 2. The third kappa shape index (κ3) is 6.54. The van der Waals surface area contributed by atoms with E-state index >= 15 is 0 Å². The first-order valence-corrected chi connectivity index (χ1v) is 15.0. The molecular weight excluding hydrogens is 550 g/mol. The minimum absolute atomic E-state index is 0.0691. The van der Waals surface area contributed by atoms with Gasteiger partial charge < -0.3 is 10.2 Å². The van der Waals surface area contributed by atoms with Crippen LogP contribution in [0.15, 0.2) is 83.8 Å². The molecule has 1 aliphatic rings. The van der Waals surface area contributed by atoms with Crippen LogP contribution in [0, 0.1) is 0 Å². The lowest BCUT2D eigenvalue weighted by atomic mass is 10.0. The summed E-state index contributed by atoms with van der Waals surface area (Å²) in [6.07, 6.45) is 0.688. The van der Waals surface area contributed by atoms with Crippen molar-refractivity contribution in [2.75, 3.05) is 6.54 Å². The molecule has 0 fully saturated rings. The third-order valence-corrected chi connectivity index (χ3v) is 9.07. The van der Waals surface area contributed by atoms with E-state index in [2.05, 4.69) is 5.32 Å². The van der Waals surface area contributed by atoms with Crippen molar-refractivity contribution in [2.45, 2.75) is 56.6 Å². The van der Waals surface area contributed by atoms with Gasteiger partial charge in [-0.25, -0.2) is 12.7 Å². The molecule has 4 rings (SSSR count). The van der Waals surface area contributed by atoms with Crippen molar-refractivity contribution < 1.29 is 22.8 Å². The second kappa shape index (κ2) is 12.7. The Labute approximate surface area is 240 Å². The lowest BCUT2D eigenvalue weighted by molar-refractivity contribution is -0.141. The number of amides is 3. The molecule has 0 saturated carbocycles. The van der Waals surface area contributed by atoms with Crippen LogP contribution in [0.25, 0.3) is 0 Å². The number of nitrogens with one attached hydrogen (secondary N) is 1. The Morgan fingerprint density at radius 3 is 2.25 bits per heavy atom. The lowest BCUT2D eigenvalue weighted by Crippen LogP contribution is -2.52. The number of benzene rings is 3. The maximum absolute atomic E-state index is 13.8. The Balaban J connectivity index is 1.64. The van der Waals surface area contributed by atoms with Crippen LogP contribution in [0.2, 0.25) is 5.02 Å². The van der Waals surface area contributed by atoms with Gasteiger partial charge in [0.15, 0.2) is 0 Å². The van der Waals surface area contributed by atoms with E-state index in [1.54, 1.807) is 36.4 Å². The molecule has 1 N–H and O–H groups in total. The molecule has 3 aromatic carbocycles. The number of carbonyl (C=O) groups is 3. The van der Waals surface area contributed by atoms with Crippen molar-refractivity contribution in [3.05, 3.63) is 101 Å². The zero-order valence-electron chi connectivity index (χ0n) is 22.4. The second-order valence-electron chi connectivity index (χ2n) is 9.80. The largest absolute Gasteiger partial charge is 0.352 e. The Bertz CT molecular complexity index is 1480. The van der Waals surface area contributed by atoms with Crippen LogP contribution < -0.4 is 5.32 Å². The Hall–Kier alpha value is -3.69. The lowest BCUT2D eigenvalue weighted by Gasteiger charge is -2.32. The summed E-state index contributed by atoms with van der Waals surface area (Å²) in [5.41, 5.74) is 1.71. The summed E-state index contributed by atoms with van der Waals surface area (Å²) < 4.78 is 26.8. The zero-order valence-corrected chi connectivity index (χ0v) is 24.0. The van der Waals surface area contributed by atoms with Gasteiger partial charge in [0.2, 0.25) is 11.8 Å². The fourth-order valence-electron chi connectivity index (χ4n) is 4.57. The van der Waals surface area contributed by atoms with Crippen LogP contribution in [0.4, 0.5) is 0 Å². The topological polar surface area (TPSA) is 104 Å². The molecule has 2 atom stereocenters. The van der Waals surface area contributed by atoms with Crippen LogP contribution in [0.5, 0.6) is 0 Å². The number of hydrogen-bond acceptors (Lipinski definition) is 5. The van der Waals surface area contributed by atoms with Gasteiger partial charge in [0.05, 0.1) is 5.56 Å². The highest BCUT2D eigenvalue weighted by molar-refractivity contribution is 7.90. The standard InChI is InChI=1S/C30H32ClN3O5S/c1-3-21(2)32-29(36)26(19-22-9-5-4-6-10-22)33(20-23-13-15-24(31)16-14-23)28(35)17-18-34-30(37)25-11-7-8-12-27(25)40(34,38)39/h4-16,21,26H,3,17-20H2,1-2H3,(H,32,36)/t21-,26+/m1/s1. The van der Waals surface area contributed by atoms with Crippen LogP contribution in [-0.2, 0) is 32.6 Å². The van der Waals surface area contributed by atoms with E-state index in [0.29, 0.717) is 11.4 Å². The van der Waals surface area contributed by atoms with Crippen LogP contribution >= 0.6 is 11.6 Å². The predicted octanol–water partition coefficient (Wildman–Crippen LogP) is 4.43. The molecule has 1 aliphatic heterocycles. The van der Waals surface area contributed by atoms with Crippen molar-refractivity contribution >= 4 is 39.3 Å². The first-order valence-electron chi connectivity index (χ1n) is 13.2. The number of fused-ring (bicyclic) bond motifs is 1. The average molecular weight is 582 g/mol. The summed E-state index contributed by atoms with van der Waals surface area (Å²) in [4.78, 5) is 41.7. The van der Waals surface area contributed by atoms with Crippen molar-refractivity contribution in [2.24, 2.45) is 0 Å². The first kappa shape index (κ1) is 29.3. The molecule has 8 nitrogen and oxygen atoms in total. The fraction of sp³-hybridized carbons (Fsp3) is 0.300. The van der Waals surface area contributed by atoms with E-state index in [-0.39, 0.29) is 48.3 Å². The van der Waals surface area contributed by atoms with Crippen molar-refractivity contribution in [3.8, 4) is 0 Å². The predicted molar refractivity (Wildman–Crippen MR) is 153 cm³/mol. The summed E-state index contributed by atoms with van der Waals surface area (Å²) >= 11 is 6.07. The summed E-state index contributed by atoms with van der Waals surface area (Å²) in [6, 6.07) is 21.4. The summed E-state index contributed by atoms with van der Waals surface area (Å²) in [5, 5.41) is 3.53. The van der Waals surface area contributed by atoms with Crippen molar-refractivity contribution in [1.29, 1.82) is 0 Å². The van der Waals surface area contributed by atoms with Crippen LogP contribution in [0.3, 0.4) is 0 Å². The van der Waals surface area contributed by atoms with E-state index < -0.39 is 27.9 Å². The molecule has 10 heteroatoms. The van der Waals surface area contributed by atoms with Crippen molar-refractivity contribution in [1.82, 2.24) is 14.5 Å². The Kier molecular flexibility index (Phi) is 9.27. The summed E-state index contributed by atoms with van der Waals surface area (Å²) in [6.45, 7) is 3.61. The van der Waals surface area contributed by atoms with Gasteiger partial charge in [-0.05, 0) is 48.7 Å². The fourth-order valence-corrected chi connectivity index (χ4v) is 6.27. The molecule has 40 heavy (non-hydrogen) atoms. The maximum atomic E-state index is 13.8. The molecule has 210 valence electrons. The monoisotopic (exact) mass is 581 g/mol. The molecule has 0 aromatic heterocycles. The normalized spacial score (nSPS) is 15.3. The molecule has 0 saturated heterocycles. The van der Waals surface area contributed by atoms with E-state index in [1.807, 2.05) is 44.2 Å². The molecule has 0 spiro atoms. The Morgan fingerprint density at radius 1 is 0.950 bits per heavy atom. The summed E-state index contributed by atoms with van der Waals surface area (Å²) in [7, 11) is -4.07. The van der Waals surface area contributed by atoms with Gasteiger partial charge in [-0.15, -0.1) is 0 Å². The molecule has 1 heterocycles. The number of carbonyl (C=O) groups excluding carboxylic acids is 3. The van der Waals surface area contributed by atoms with E-state index in [9.17, 15) is 22.8 Å². The van der Waals surface area contributed by atoms with Gasteiger partial charge in [-0.2, -0.15) is 0 Å². The minimum Gasteiger partial charge on any atom is -0.352 e. The SMILES string of the molecule is CC[C@@H](C)NC(=O)[C@H](Cc1ccccc1)N(Cc1ccc(Cl)cc1)C(=O)CCN1C(=O)c2ccccc2S1(=O)=O. The smallest absolute Gasteiger partial charge is 0.269 e. The molecule has 3 amide bonds. The molecular formula is C30H32ClN3O5S. The Morgan fingerprint density at radius 2 is 1.60 bits per heavy atom. The van der Waals surface area contributed by atoms with Gasteiger partial charge in [-0.3, -0.25) is 14.4 Å². The highest BCUT2D eigenvalue weighted by Crippen LogP contribution is 2.30. The molecule has 0 aliphatic carbocycles. The van der Waals surface area contributed by atoms with Gasteiger partial charge in [0.25, 0.3) is 15.9 Å². The summed E-state index contributed by atoms with van der Waals surface area (Å²) in [5.74, 6) is -1.42. The van der Waals surface area contributed by atoms with Gasteiger partial charge in [0.1, 0.15) is 10.9 Å². The molecule has 3 aromatic rings. The number of sulfonamides is 1. The number of rotatable bonds is 11. The van der Waals surface area contributed by atoms with Crippen LogP contribution in [-0.4, -0.2) is 54.0 Å². The minimum atomic E-state index is -4.07. The van der Waals surface area contributed by atoms with Gasteiger partial charge in [0, 0.05) is 37.0 Å². The van der Waals surface area contributed by atoms with Gasteiger partial charge in [-0.1, -0.05) is 73.1 Å². The van der Waals surface area contributed by atoms with E-state index in [1.165, 1.54) is 17.0 Å². The molecule has 0 bridgehead atoms.